The lowest BCUT2D eigenvalue weighted by Gasteiger charge is -2.23. The summed E-state index contributed by atoms with van der Waals surface area (Å²) in [5, 5.41) is 3.66. The number of rotatable bonds is 8. The number of carbonyl (C=O) groups excluding carboxylic acids is 1. The first-order valence-electron chi connectivity index (χ1n) is 9.23. The molecule has 32 heavy (non-hydrogen) atoms. The predicted molar refractivity (Wildman–Crippen MR) is 117 cm³/mol. The smallest absolute Gasteiger partial charge is 0.416 e. The maximum absolute atomic E-state index is 13.0. The number of carbonyl (C=O) groups is 1. The lowest BCUT2D eigenvalue weighted by molar-refractivity contribution is -0.137. The third kappa shape index (κ3) is 6.86. The molecular formula is C20H21ClF3N3O4S. The molecular weight excluding hydrogens is 471 g/mol. The van der Waals surface area contributed by atoms with Crippen molar-refractivity contribution >= 4 is 38.9 Å². The molecule has 2 rings (SSSR count). The monoisotopic (exact) mass is 491 g/mol. The molecule has 0 unspecified atom stereocenters. The molecule has 0 atom stereocenters. The van der Waals surface area contributed by atoms with Gasteiger partial charge in [0.1, 0.15) is 12.3 Å². The van der Waals surface area contributed by atoms with Crippen molar-refractivity contribution in [3.63, 3.8) is 0 Å². The lowest BCUT2D eigenvalue weighted by Crippen LogP contribution is -2.39. The van der Waals surface area contributed by atoms with Gasteiger partial charge >= 0.3 is 6.18 Å². The van der Waals surface area contributed by atoms with Crippen LogP contribution < -0.4 is 14.5 Å². The van der Waals surface area contributed by atoms with Crippen molar-refractivity contribution in [1.29, 1.82) is 0 Å². The van der Waals surface area contributed by atoms with Gasteiger partial charge in [-0.05, 0) is 61.9 Å². The molecule has 1 amide bonds. The van der Waals surface area contributed by atoms with Gasteiger partial charge in [-0.3, -0.25) is 9.10 Å². The van der Waals surface area contributed by atoms with E-state index >= 15 is 0 Å². The van der Waals surface area contributed by atoms with Crippen molar-refractivity contribution in [1.82, 2.24) is 5.43 Å². The number of hydrogen-bond acceptors (Lipinski definition) is 5. The zero-order chi connectivity index (χ0) is 24.1. The highest BCUT2D eigenvalue weighted by Crippen LogP contribution is 2.36. The topological polar surface area (TPSA) is 88.1 Å². The number of halogens is 4. The molecule has 0 bridgehead atoms. The molecule has 2 aromatic rings. The number of sulfonamides is 1. The van der Waals surface area contributed by atoms with Crippen LogP contribution in [0.25, 0.3) is 0 Å². The maximum Gasteiger partial charge on any atom is 0.416 e. The molecule has 0 aromatic heterocycles. The third-order valence-electron chi connectivity index (χ3n) is 4.16. The van der Waals surface area contributed by atoms with Crippen molar-refractivity contribution in [2.24, 2.45) is 5.10 Å². The van der Waals surface area contributed by atoms with Crippen LogP contribution in [0.5, 0.6) is 5.75 Å². The van der Waals surface area contributed by atoms with E-state index in [1.54, 1.807) is 31.2 Å². The van der Waals surface area contributed by atoms with E-state index in [4.69, 9.17) is 16.3 Å². The third-order valence-corrected chi connectivity index (χ3v) is 5.61. The maximum atomic E-state index is 13.0. The van der Waals surface area contributed by atoms with Gasteiger partial charge in [0.25, 0.3) is 5.91 Å². The Bertz CT molecular complexity index is 1100. The van der Waals surface area contributed by atoms with Crippen LogP contribution in [0.3, 0.4) is 0 Å². The number of amides is 1. The van der Waals surface area contributed by atoms with E-state index in [2.05, 4.69) is 10.5 Å². The first-order valence-corrected chi connectivity index (χ1v) is 11.5. The van der Waals surface area contributed by atoms with Crippen molar-refractivity contribution < 1.29 is 31.1 Å². The van der Waals surface area contributed by atoms with Gasteiger partial charge in [0.2, 0.25) is 10.0 Å². The van der Waals surface area contributed by atoms with Crippen LogP contribution >= 0.6 is 11.6 Å². The molecule has 0 saturated carbocycles. The first kappa shape index (κ1) is 25.5. The van der Waals surface area contributed by atoms with E-state index in [0.29, 0.717) is 34.0 Å². The Hall–Kier alpha value is -2.79. The number of anilines is 1. The van der Waals surface area contributed by atoms with Gasteiger partial charge < -0.3 is 4.74 Å². The Balaban J connectivity index is 2.22. The molecule has 12 heteroatoms. The highest BCUT2D eigenvalue weighted by atomic mass is 35.5. The van der Waals surface area contributed by atoms with Crippen LogP contribution in [0.1, 0.15) is 25.0 Å². The second kappa shape index (κ2) is 10.2. The van der Waals surface area contributed by atoms with Crippen LogP contribution in [-0.4, -0.2) is 39.4 Å². The molecule has 0 heterocycles. The van der Waals surface area contributed by atoms with Crippen molar-refractivity contribution in [3.05, 3.63) is 58.6 Å². The SMILES string of the molecule is CCOc1ccc(/C(C)=N/NC(=O)CN(c2cc(C(F)(F)F)ccc2Cl)S(C)(=O)=O)cc1. The summed E-state index contributed by atoms with van der Waals surface area (Å²) in [4.78, 5) is 12.3. The largest absolute Gasteiger partial charge is 0.494 e. The van der Waals surface area contributed by atoms with Gasteiger partial charge in [-0.25, -0.2) is 13.8 Å². The Morgan fingerprint density at radius 1 is 1.19 bits per heavy atom. The second-order valence-corrected chi connectivity index (χ2v) is 8.94. The van der Waals surface area contributed by atoms with E-state index in [1.807, 2.05) is 6.92 Å². The number of hydrazone groups is 1. The standard InChI is InChI=1S/C20H21ClF3N3O4S/c1-4-31-16-8-5-14(6-9-16)13(2)25-26-19(28)12-27(32(3,29)30)18-11-15(20(22,23)24)7-10-17(18)21/h5-11H,4,12H2,1-3H3,(H,26,28)/b25-13+. The zero-order valence-electron chi connectivity index (χ0n) is 17.4. The quantitative estimate of drug-likeness (QED) is 0.445. The number of ether oxygens (including phenoxy) is 1. The van der Waals surface area contributed by atoms with Gasteiger partial charge in [-0.1, -0.05) is 11.6 Å². The Kier molecular flexibility index (Phi) is 8.13. The average Bonchev–Trinajstić information content (AvgIpc) is 2.70. The minimum atomic E-state index is -4.72. The average molecular weight is 492 g/mol. The number of alkyl halides is 3. The number of nitrogens with zero attached hydrogens (tertiary/aromatic N) is 2. The molecule has 0 aliphatic carbocycles. The minimum Gasteiger partial charge on any atom is -0.494 e. The summed E-state index contributed by atoms with van der Waals surface area (Å²) in [6, 6.07) is 9.11. The predicted octanol–water partition coefficient (Wildman–Crippen LogP) is 4.06. The zero-order valence-corrected chi connectivity index (χ0v) is 19.0. The normalized spacial score (nSPS) is 12.4. The van der Waals surface area contributed by atoms with Crippen LogP contribution in [0, 0.1) is 0 Å². The van der Waals surface area contributed by atoms with E-state index in [-0.39, 0.29) is 5.02 Å². The van der Waals surface area contributed by atoms with E-state index in [9.17, 15) is 26.4 Å². The molecule has 0 saturated heterocycles. The van der Waals surface area contributed by atoms with Gasteiger partial charge in [0.05, 0.1) is 34.8 Å². The highest BCUT2D eigenvalue weighted by molar-refractivity contribution is 7.92. The Labute approximate surface area is 188 Å². The molecule has 0 fully saturated rings. The number of hydrogen-bond donors (Lipinski definition) is 1. The van der Waals surface area contributed by atoms with Gasteiger partial charge in [0, 0.05) is 0 Å². The molecule has 1 N–H and O–H groups in total. The number of nitrogens with one attached hydrogen (secondary N) is 1. The van der Waals surface area contributed by atoms with Gasteiger partial charge in [-0.15, -0.1) is 0 Å². The fourth-order valence-electron chi connectivity index (χ4n) is 2.60. The fraction of sp³-hybridized carbons (Fsp3) is 0.300. The van der Waals surface area contributed by atoms with E-state index in [1.165, 1.54) is 0 Å². The number of benzene rings is 2. The molecule has 0 spiro atoms. The minimum absolute atomic E-state index is 0.259. The summed E-state index contributed by atoms with van der Waals surface area (Å²) in [6.45, 7) is 3.16. The van der Waals surface area contributed by atoms with Gasteiger partial charge in [-0.2, -0.15) is 18.3 Å². The van der Waals surface area contributed by atoms with E-state index in [0.717, 1.165) is 18.4 Å². The molecule has 7 nitrogen and oxygen atoms in total. The van der Waals surface area contributed by atoms with Crippen LogP contribution in [0.15, 0.2) is 47.6 Å². The second-order valence-electron chi connectivity index (χ2n) is 6.62. The molecule has 2 aromatic carbocycles. The Morgan fingerprint density at radius 3 is 2.34 bits per heavy atom. The van der Waals surface area contributed by atoms with Crippen LogP contribution in [-0.2, 0) is 21.0 Å². The summed E-state index contributed by atoms with van der Waals surface area (Å²) in [5.41, 5.74) is 1.73. The highest BCUT2D eigenvalue weighted by Gasteiger charge is 2.33. The van der Waals surface area contributed by atoms with Crippen LogP contribution in [0.4, 0.5) is 18.9 Å². The Morgan fingerprint density at radius 2 is 1.81 bits per heavy atom. The molecule has 174 valence electrons. The first-order chi connectivity index (χ1) is 14.8. The molecule has 0 aliphatic heterocycles. The van der Waals surface area contributed by atoms with Crippen molar-refractivity contribution in [2.45, 2.75) is 20.0 Å². The summed E-state index contributed by atoms with van der Waals surface area (Å²) in [7, 11) is -4.14. The summed E-state index contributed by atoms with van der Waals surface area (Å²) >= 11 is 5.93. The fourth-order valence-corrected chi connectivity index (χ4v) is 3.73. The molecule has 0 radical (unpaired) electrons. The van der Waals surface area contributed by atoms with Crippen molar-refractivity contribution in [3.8, 4) is 5.75 Å². The van der Waals surface area contributed by atoms with Crippen molar-refractivity contribution in [2.75, 3.05) is 23.7 Å². The van der Waals surface area contributed by atoms with E-state index < -0.39 is 39.9 Å². The van der Waals surface area contributed by atoms with Crippen LogP contribution in [0.2, 0.25) is 5.02 Å². The lowest BCUT2D eigenvalue weighted by atomic mass is 10.1. The summed E-state index contributed by atoms with van der Waals surface area (Å²) in [6.07, 6.45) is -3.96. The summed E-state index contributed by atoms with van der Waals surface area (Å²) in [5.74, 6) is -0.205. The van der Waals surface area contributed by atoms with Gasteiger partial charge in [0.15, 0.2) is 0 Å². The molecule has 0 aliphatic rings. The summed E-state index contributed by atoms with van der Waals surface area (Å²) < 4.78 is 69.3.